The molecule has 0 radical (unpaired) electrons. The first-order valence-electron chi connectivity index (χ1n) is 8.39. The predicted octanol–water partition coefficient (Wildman–Crippen LogP) is 2.79. The lowest BCUT2D eigenvalue weighted by molar-refractivity contribution is -0.144. The normalized spacial score (nSPS) is 10.6. The van der Waals surface area contributed by atoms with Crippen LogP contribution in [-0.4, -0.2) is 29.0 Å². The van der Waals surface area contributed by atoms with Gasteiger partial charge in [-0.1, -0.05) is 0 Å². The lowest BCUT2D eigenvalue weighted by Gasteiger charge is -2.07. The van der Waals surface area contributed by atoms with Crippen LogP contribution in [0, 0.1) is 11.6 Å². The van der Waals surface area contributed by atoms with Gasteiger partial charge in [-0.25, -0.2) is 13.6 Å². The molecule has 0 aliphatic carbocycles. The first-order chi connectivity index (χ1) is 13.5. The largest absolute Gasteiger partial charge is 0.493 e. The van der Waals surface area contributed by atoms with Crippen molar-refractivity contribution in [2.45, 2.75) is 13.0 Å². The van der Waals surface area contributed by atoms with Gasteiger partial charge in [0.15, 0.2) is 0 Å². The van der Waals surface area contributed by atoms with Crippen molar-refractivity contribution < 1.29 is 27.5 Å². The Morgan fingerprint density at radius 1 is 1.00 bits per heavy atom. The van der Waals surface area contributed by atoms with Gasteiger partial charge in [-0.15, -0.1) is 5.10 Å². The van der Waals surface area contributed by atoms with Gasteiger partial charge >= 0.3 is 11.7 Å². The second-order valence-corrected chi connectivity index (χ2v) is 5.71. The van der Waals surface area contributed by atoms with Crippen molar-refractivity contribution in [1.82, 2.24) is 9.78 Å². The molecule has 1 heterocycles. The highest BCUT2D eigenvalue weighted by Gasteiger charge is 2.14. The van der Waals surface area contributed by atoms with E-state index < -0.39 is 24.1 Å². The van der Waals surface area contributed by atoms with E-state index >= 15 is 0 Å². The van der Waals surface area contributed by atoms with E-state index in [0.29, 0.717) is 17.7 Å². The summed E-state index contributed by atoms with van der Waals surface area (Å²) in [5.41, 5.74) is 0.406. The number of rotatable bonds is 8. The molecule has 0 aliphatic heterocycles. The Labute approximate surface area is 158 Å². The van der Waals surface area contributed by atoms with Crippen LogP contribution in [-0.2, 0) is 16.1 Å². The van der Waals surface area contributed by atoms with Crippen molar-refractivity contribution in [2.24, 2.45) is 0 Å². The third-order valence-corrected chi connectivity index (χ3v) is 3.61. The highest BCUT2D eigenvalue weighted by Crippen LogP contribution is 2.15. The van der Waals surface area contributed by atoms with Crippen LogP contribution in [0.15, 0.2) is 57.7 Å². The molecule has 9 heteroatoms. The standard InChI is InChI=1S/C19H16F2N2O5/c20-14-4-2-13(3-5-14)18-22-23(19(25)28-18)12-17(24)27-11-1-10-26-16-8-6-15(21)7-9-16/h2-9H,1,10-12H2. The summed E-state index contributed by atoms with van der Waals surface area (Å²) < 4.78 is 41.9. The zero-order valence-corrected chi connectivity index (χ0v) is 14.6. The second kappa shape index (κ2) is 8.94. The van der Waals surface area contributed by atoms with Crippen molar-refractivity contribution in [3.8, 4) is 17.2 Å². The molecule has 0 aliphatic rings. The molecule has 0 saturated heterocycles. The van der Waals surface area contributed by atoms with Crippen LogP contribution in [0.1, 0.15) is 6.42 Å². The summed E-state index contributed by atoms with van der Waals surface area (Å²) in [4.78, 5) is 23.6. The van der Waals surface area contributed by atoms with E-state index in [0.717, 1.165) is 4.68 Å². The van der Waals surface area contributed by atoms with Crippen molar-refractivity contribution >= 4 is 5.97 Å². The fourth-order valence-corrected chi connectivity index (χ4v) is 2.25. The van der Waals surface area contributed by atoms with Crippen LogP contribution in [0.4, 0.5) is 8.78 Å². The minimum absolute atomic E-state index is 0.0227. The zero-order chi connectivity index (χ0) is 19.9. The zero-order valence-electron chi connectivity index (χ0n) is 14.6. The lowest BCUT2D eigenvalue weighted by atomic mass is 10.2. The smallest absolute Gasteiger partial charge is 0.437 e. The number of nitrogens with zero attached hydrogens (tertiary/aromatic N) is 2. The second-order valence-electron chi connectivity index (χ2n) is 5.71. The third-order valence-electron chi connectivity index (χ3n) is 3.61. The minimum atomic E-state index is -0.823. The molecule has 0 unspecified atom stereocenters. The number of carbonyl (C=O) groups is 1. The molecule has 2 aromatic carbocycles. The molecule has 0 saturated carbocycles. The first-order valence-corrected chi connectivity index (χ1v) is 8.39. The van der Waals surface area contributed by atoms with Crippen LogP contribution < -0.4 is 10.5 Å². The Balaban J connectivity index is 1.44. The van der Waals surface area contributed by atoms with Crippen LogP contribution in [0.5, 0.6) is 5.75 Å². The predicted molar refractivity (Wildman–Crippen MR) is 93.6 cm³/mol. The highest BCUT2D eigenvalue weighted by atomic mass is 19.1. The van der Waals surface area contributed by atoms with Crippen LogP contribution in [0.2, 0.25) is 0 Å². The van der Waals surface area contributed by atoms with Crippen LogP contribution in [0.25, 0.3) is 11.5 Å². The number of ether oxygens (including phenoxy) is 2. The van der Waals surface area contributed by atoms with E-state index in [1.165, 1.54) is 48.5 Å². The number of hydrogen-bond acceptors (Lipinski definition) is 6. The molecular weight excluding hydrogens is 374 g/mol. The van der Waals surface area contributed by atoms with E-state index in [4.69, 9.17) is 13.9 Å². The van der Waals surface area contributed by atoms with Gasteiger partial charge in [-0.2, -0.15) is 4.68 Å². The monoisotopic (exact) mass is 390 g/mol. The number of aromatic nitrogens is 2. The Morgan fingerprint density at radius 3 is 2.32 bits per heavy atom. The summed E-state index contributed by atoms with van der Waals surface area (Å²) in [6.45, 7) is -0.0582. The van der Waals surface area contributed by atoms with Gasteiger partial charge in [-0.05, 0) is 48.5 Å². The Hall–Kier alpha value is -3.49. The lowest BCUT2D eigenvalue weighted by Crippen LogP contribution is -2.23. The molecule has 0 spiro atoms. The molecule has 0 N–H and O–H groups in total. The number of hydrogen-bond donors (Lipinski definition) is 0. The highest BCUT2D eigenvalue weighted by molar-refractivity contribution is 5.69. The van der Waals surface area contributed by atoms with E-state index in [-0.39, 0.29) is 24.9 Å². The van der Waals surface area contributed by atoms with Crippen LogP contribution >= 0.6 is 0 Å². The van der Waals surface area contributed by atoms with Gasteiger partial charge in [0.25, 0.3) is 0 Å². The van der Waals surface area contributed by atoms with Crippen molar-refractivity contribution in [3.05, 3.63) is 70.7 Å². The Kier molecular flexibility index (Phi) is 6.15. The van der Waals surface area contributed by atoms with Gasteiger partial charge in [0, 0.05) is 12.0 Å². The summed E-state index contributed by atoms with van der Waals surface area (Å²) in [5.74, 6) is -1.79. The van der Waals surface area contributed by atoms with Gasteiger partial charge in [0.1, 0.15) is 23.9 Å². The topological polar surface area (TPSA) is 83.6 Å². The maximum Gasteiger partial charge on any atom is 0.437 e. The van der Waals surface area contributed by atoms with Crippen molar-refractivity contribution in [3.63, 3.8) is 0 Å². The van der Waals surface area contributed by atoms with E-state index in [2.05, 4.69) is 5.10 Å². The van der Waals surface area contributed by atoms with Crippen LogP contribution in [0.3, 0.4) is 0 Å². The Morgan fingerprint density at radius 2 is 1.64 bits per heavy atom. The molecular formula is C19H16F2N2O5. The van der Waals surface area contributed by atoms with E-state index in [1.807, 2.05) is 0 Å². The molecule has 28 heavy (non-hydrogen) atoms. The van der Waals surface area contributed by atoms with Gasteiger partial charge in [0.2, 0.25) is 5.89 Å². The summed E-state index contributed by atoms with van der Waals surface area (Å²) in [6.07, 6.45) is 0.414. The quantitative estimate of drug-likeness (QED) is 0.434. The number of carbonyl (C=O) groups excluding carboxylic acids is 1. The maximum absolute atomic E-state index is 12.9. The van der Waals surface area contributed by atoms with E-state index in [1.54, 1.807) is 0 Å². The number of benzene rings is 2. The summed E-state index contributed by atoms with van der Waals surface area (Å²) in [5, 5.41) is 3.90. The van der Waals surface area contributed by atoms with Gasteiger partial charge < -0.3 is 13.9 Å². The molecule has 146 valence electrons. The number of esters is 1. The molecule has 0 atom stereocenters. The fourth-order valence-electron chi connectivity index (χ4n) is 2.25. The first kappa shape index (κ1) is 19.3. The Bertz CT molecular complexity index is 981. The molecule has 1 aromatic heterocycles. The molecule has 3 rings (SSSR count). The summed E-state index contributed by atoms with van der Waals surface area (Å²) >= 11 is 0. The van der Waals surface area contributed by atoms with E-state index in [9.17, 15) is 18.4 Å². The van der Waals surface area contributed by atoms with Gasteiger partial charge in [0.05, 0.1) is 13.2 Å². The SMILES string of the molecule is O=C(Cn1nc(-c2ccc(F)cc2)oc1=O)OCCCOc1ccc(F)cc1. The minimum Gasteiger partial charge on any atom is -0.493 e. The summed E-state index contributed by atoms with van der Waals surface area (Å²) in [6, 6.07) is 10.8. The third kappa shape index (κ3) is 5.26. The van der Waals surface area contributed by atoms with Gasteiger partial charge in [-0.3, -0.25) is 4.79 Å². The fraction of sp³-hybridized carbons (Fsp3) is 0.211. The molecule has 0 fully saturated rings. The molecule has 7 nitrogen and oxygen atoms in total. The number of halogens is 2. The molecule has 0 amide bonds. The average molecular weight is 390 g/mol. The molecule has 0 bridgehead atoms. The average Bonchev–Trinajstić information content (AvgIpc) is 3.04. The summed E-state index contributed by atoms with van der Waals surface area (Å²) in [7, 11) is 0. The van der Waals surface area contributed by atoms with Crippen molar-refractivity contribution in [2.75, 3.05) is 13.2 Å². The van der Waals surface area contributed by atoms with Crippen molar-refractivity contribution in [1.29, 1.82) is 0 Å². The molecule has 3 aromatic rings. The maximum atomic E-state index is 12.9.